The average Bonchev–Trinajstić information content (AvgIpc) is 2.33. The summed E-state index contributed by atoms with van der Waals surface area (Å²) in [4.78, 5) is 10.6. The minimum absolute atomic E-state index is 0.0194. The van der Waals surface area contributed by atoms with Crippen molar-refractivity contribution in [3.8, 4) is 0 Å². The molecule has 0 aromatic heterocycles. The number of rotatable bonds is 7. The summed E-state index contributed by atoms with van der Waals surface area (Å²) in [6.07, 6.45) is 0.760. The number of carbonyl (C=O) groups is 1. The molecule has 0 aliphatic rings. The van der Waals surface area contributed by atoms with Gasteiger partial charge in [-0.2, -0.15) is 0 Å². The van der Waals surface area contributed by atoms with Crippen LogP contribution in [0.4, 0.5) is 14.5 Å². The third kappa shape index (κ3) is 3.66. The molecule has 6 heteroatoms. The molecule has 0 bridgehead atoms. The van der Waals surface area contributed by atoms with Crippen LogP contribution in [0.2, 0.25) is 0 Å². The van der Waals surface area contributed by atoms with E-state index in [9.17, 15) is 13.6 Å². The average molecular weight is 258 g/mol. The topological polar surface area (TPSA) is 61.4 Å². The molecule has 0 unspecified atom stereocenters. The van der Waals surface area contributed by atoms with E-state index in [4.69, 9.17) is 5.11 Å². The van der Waals surface area contributed by atoms with Gasteiger partial charge in [-0.1, -0.05) is 6.92 Å². The molecule has 1 rings (SSSR count). The fraction of sp³-hybridized carbons (Fsp3) is 0.417. The van der Waals surface area contributed by atoms with Crippen molar-refractivity contribution in [2.45, 2.75) is 13.3 Å². The van der Waals surface area contributed by atoms with Crippen LogP contribution in [0.25, 0.3) is 0 Å². The van der Waals surface area contributed by atoms with Gasteiger partial charge in [0.05, 0.1) is 11.3 Å². The first-order chi connectivity index (χ1) is 8.57. The molecule has 0 fully saturated rings. The molecule has 3 N–H and O–H groups in total. The van der Waals surface area contributed by atoms with Gasteiger partial charge in [0.15, 0.2) is 11.6 Å². The van der Waals surface area contributed by atoms with Crippen molar-refractivity contribution in [3.05, 3.63) is 29.3 Å². The molecule has 0 amide bonds. The smallest absolute Gasteiger partial charge is 0.338 e. The number of aromatic carboxylic acids is 1. The van der Waals surface area contributed by atoms with Crippen LogP contribution in [0.15, 0.2) is 12.1 Å². The van der Waals surface area contributed by atoms with Gasteiger partial charge in [0, 0.05) is 6.54 Å². The quantitative estimate of drug-likeness (QED) is 0.655. The molecular weight excluding hydrogens is 242 g/mol. The van der Waals surface area contributed by atoms with Crippen LogP contribution in [0.3, 0.4) is 0 Å². The number of hydrogen-bond donors (Lipinski definition) is 3. The Bertz CT molecular complexity index is 425. The summed E-state index contributed by atoms with van der Waals surface area (Å²) < 4.78 is 26.8. The van der Waals surface area contributed by atoms with E-state index in [-0.39, 0.29) is 5.69 Å². The van der Waals surface area contributed by atoms with E-state index in [2.05, 4.69) is 10.6 Å². The Hall–Kier alpha value is -1.69. The Morgan fingerprint density at radius 2 is 2.00 bits per heavy atom. The Kier molecular flexibility index (Phi) is 5.51. The molecule has 18 heavy (non-hydrogen) atoms. The summed E-state index contributed by atoms with van der Waals surface area (Å²) in [5.74, 6) is -3.97. The van der Waals surface area contributed by atoms with Crippen LogP contribution in [0, 0.1) is 11.6 Å². The summed E-state index contributed by atoms with van der Waals surface area (Å²) in [7, 11) is 0. The molecule has 0 radical (unpaired) electrons. The van der Waals surface area contributed by atoms with E-state index in [1.54, 1.807) is 0 Å². The number of carboxylic acid groups (broad SMARTS) is 1. The van der Waals surface area contributed by atoms with Gasteiger partial charge >= 0.3 is 5.97 Å². The predicted octanol–water partition coefficient (Wildman–Crippen LogP) is 2.07. The second-order valence-corrected chi connectivity index (χ2v) is 3.73. The van der Waals surface area contributed by atoms with Crippen molar-refractivity contribution in [3.63, 3.8) is 0 Å². The molecule has 1 aromatic rings. The Labute approximate surface area is 104 Å². The fourth-order valence-corrected chi connectivity index (χ4v) is 1.46. The zero-order valence-corrected chi connectivity index (χ0v) is 10.1. The van der Waals surface area contributed by atoms with E-state index in [0.29, 0.717) is 6.54 Å². The Morgan fingerprint density at radius 1 is 1.28 bits per heavy atom. The largest absolute Gasteiger partial charge is 0.478 e. The van der Waals surface area contributed by atoms with E-state index in [1.807, 2.05) is 6.92 Å². The zero-order chi connectivity index (χ0) is 13.5. The highest BCUT2D eigenvalue weighted by molar-refractivity contribution is 5.88. The number of benzene rings is 1. The Balaban J connectivity index is 2.62. The van der Waals surface area contributed by atoms with Crippen LogP contribution < -0.4 is 10.6 Å². The lowest BCUT2D eigenvalue weighted by atomic mass is 10.2. The van der Waals surface area contributed by atoms with Crippen molar-refractivity contribution in [1.82, 2.24) is 5.32 Å². The van der Waals surface area contributed by atoms with Gasteiger partial charge in [-0.15, -0.1) is 0 Å². The molecular formula is C12H16F2N2O2. The van der Waals surface area contributed by atoms with Crippen LogP contribution in [-0.4, -0.2) is 30.7 Å². The van der Waals surface area contributed by atoms with Gasteiger partial charge in [-0.3, -0.25) is 0 Å². The standard InChI is InChI=1S/C12H16F2N2O2/c1-2-15-6-3-7-16-9-5-4-8(12(17)18)10(13)11(9)14/h4-5,15-16H,2-3,6-7H2,1H3,(H,17,18). The minimum Gasteiger partial charge on any atom is -0.478 e. The van der Waals surface area contributed by atoms with Gasteiger partial charge < -0.3 is 15.7 Å². The molecule has 0 atom stereocenters. The van der Waals surface area contributed by atoms with Crippen LogP contribution in [-0.2, 0) is 0 Å². The number of carboxylic acids is 1. The number of hydrogen-bond acceptors (Lipinski definition) is 3. The molecule has 1 aromatic carbocycles. The highest BCUT2D eigenvalue weighted by Crippen LogP contribution is 2.20. The second kappa shape index (κ2) is 6.90. The molecule has 0 spiro atoms. The first kappa shape index (κ1) is 14.4. The maximum Gasteiger partial charge on any atom is 0.338 e. The van der Waals surface area contributed by atoms with Gasteiger partial charge in [0.1, 0.15) is 0 Å². The number of anilines is 1. The van der Waals surface area contributed by atoms with Crippen LogP contribution in [0.5, 0.6) is 0 Å². The fourth-order valence-electron chi connectivity index (χ4n) is 1.46. The normalized spacial score (nSPS) is 10.4. The van der Waals surface area contributed by atoms with Crippen molar-refractivity contribution < 1.29 is 18.7 Å². The lowest BCUT2D eigenvalue weighted by Gasteiger charge is -2.09. The van der Waals surface area contributed by atoms with E-state index in [0.717, 1.165) is 25.6 Å². The summed E-state index contributed by atoms with van der Waals surface area (Å²) >= 11 is 0. The summed E-state index contributed by atoms with van der Waals surface area (Å²) in [5.41, 5.74) is -0.681. The molecule has 0 aliphatic carbocycles. The molecule has 0 saturated heterocycles. The third-order valence-electron chi connectivity index (χ3n) is 2.41. The van der Waals surface area contributed by atoms with Crippen molar-refractivity contribution >= 4 is 11.7 Å². The van der Waals surface area contributed by atoms with E-state index < -0.39 is 23.2 Å². The van der Waals surface area contributed by atoms with Crippen LogP contribution in [0.1, 0.15) is 23.7 Å². The predicted molar refractivity (Wildman–Crippen MR) is 65.0 cm³/mol. The van der Waals surface area contributed by atoms with Crippen LogP contribution >= 0.6 is 0 Å². The molecule has 100 valence electrons. The molecule has 0 saturated carbocycles. The maximum atomic E-state index is 13.5. The van der Waals surface area contributed by atoms with E-state index >= 15 is 0 Å². The van der Waals surface area contributed by atoms with Crippen molar-refractivity contribution in [2.24, 2.45) is 0 Å². The highest BCUT2D eigenvalue weighted by Gasteiger charge is 2.17. The van der Waals surface area contributed by atoms with Gasteiger partial charge in [0.2, 0.25) is 0 Å². The first-order valence-corrected chi connectivity index (χ1v) is 5.73. The summed E-state index contributed by atoms with van der Waals surface area (Å²) in [5, 5.41) is 14.4. The van der Waals surface area contributed by atoms with Gasteiger partial charge in [0.25, 0.3) is 0 Å². The third-order valence-corrected chi connectivity index (χ3v) is 2.41. The van der Waals surface area contributed by atoms with Gasteiger partial charge in [-0.05, 0) is 31.6 Å². The Morgan fingerprint density at radius 3 is 2.61 bits per heavy atom. The van der Waals surface area contributed by atoms with Gasteiger partial charge in [-0.25, -0.2) is 13.6 Å². The highest BCUT2D eigenvalue weighted by atomic mass is 19.2. The number of halogens is 2. The maximum absolute atomic E-state index is 13.5. The molecule has 0 heterocycles. The van der Waals surface area contributed by atoms with E-state index in [1.165, 1.54) is 6.07 Å². The second-order valence-electron chi connectivity index (χ2n) is 3.73. The summed E-state index contributed by atoms with van der Waals surface area (Å²) in [6.45, 7) is 4.10. The first-order valence-electron chi connectivity index (χ1n) is 5.73. The van der Waals surface area contributed by atoms with Crippen molar-refractivity contribution in [2.75, 3.05) is 25.0 Å². The molecule has 4 nitrogen and oxygen atoms in total. The summed E-state index contributed by atoms with van der Waals surface area (Å²) in [6, 6.07) is 2.28. The lowest BCUT2D eigenvalue weighted by Crippen LogP contribution is -2.17. The molecule has 0 aliphatic heterocycles. The lowest BCUT2D eigenvalue weighted by molar-refractivity contribution is 0.0690. The van der Waals surface area contributed by atoms with Crippen molar-refractivity contribution in [1.29, 1.82) is 0 Å². The number of nitrogens with one attached hydrogen (secondary N) is 2. The SMILES string of the molecule is CCNCCCNc1ccc(C(=O)O)c(F)c1F. The minimum atomic E-state index is -1.48. The monoisotopic (exact) mass is 258 g/mol. The zero-order valence-electron chi connectivity index (χ0n) is 10.1.